The average molecular weight is 387 g/mol. The molecule has 2 saturated heterocycles. The topological polar surface area (TPSA) is 39.7 Å². The first kappa shape index (κ1) is 21.3. The van der Waals surface area contributed by atoms with E-state index in [1.165, 1.54) is 24.1 Å². The molecule has 1 aromatic rings. The van der Waals surface area contributed by atoms with Gasteiger partial charge in [-0.15, -0.1) is 0 Å². The molecule has 156 valence electrons. The van der Waals surface area contributed by atoms with Gasteiger partial charge in [0.15, 0.2) is 0 Å². The van der Waals surface area contributed by atoms with Crippen LogP contribution in [0.4, 0.5) is 0 Å². The monoisotopic (exact) mass is 386 g/mol. The number of piperazine rings is 1. The fourth-order valence-corrected chi connectivity index (χ4v) is 4.62. The zero-order valence-electron chi connectivity index (χ0n) is 18.1. The Hall–Kier alpha value is -1.46. The van der Waals surface area contributed by atoms with Crippen molar-refractivity contribution >= 4 is 5.91 Å². The van der Waals surface area contributed by atoms with Gasteiger partial charge in [-0.05, 0) is 76.4 Å². The van der Waals surface area contributed by atoms with E-state index in [4.69, 9.17) is 0 Å². The van der Waals surface area contributed by atoms with Crippen molar-refractivity contribution in [3.8, 4) is 0 Å². The minimum Gasteiger partial charge on any atom is -0.340 e. The van der Waals surface area contributed by atoms with Crippen LogP contribution in [0.1, 0.15) is 50.8 Å². The molecular formula is C23H38N4O. The predicted molar refractivity (Wildman–Crippen MR) is 114 cm³/mol. The highest BCUT2D eigenvalue weighted by Gasteiger charge is 2.25. The second-order valence-corrected chi connectivity index (χ2v) is 8.71. The molecule has 1 aromatic heterocycles. The average Bonchev–Trinajstić information content (AvgIpc) is 2.72. The standard InChI is InChI=1S/C23H38N4O/c1-4-25-13-15-27(16-14-25)23(28)6-5-21-8-11-26(12-9-21)20(3)18-22-17-19(2)7-10-24-22/h7,10,17,20-21H,4-6,8-9,11-16,18H2,1-3H3/t20-/m0/s1. The Morgan fingerprint density at radius 1 is 1.18 bits per heavy atom. The Balaban J connectivity index is 1.35. The summed E-state index contributed by atoms with van der Waals surface area (Å²) >= 11 is 0. The molecule has 0 bridgehead atoms. The van der Waals surface area contributed by atoms with Crippen molar-refractivity contribution in [3.63, 3.8) is 0 Å². The zero-order chi connectivity index (χ0) is 19.9. The maximum Gasteiger partial charge on any atom is 0.222 e. The van der Waals surface area contributed by atoms with Crippen molar-refractivity contribution in [1.29, 1.82) is 0 Å². The Morgan fingerprint density at radius 3 is 2.54 bits per heavy atom. The molecule has 0 aromatic carbocycles. The van der Waals surface area contributed by atoms with Gasteiger partial charge in [-0.2, -0.15) is 0 Å². The van der Waals surface area contributed by atoms with E-state index in [1.807, 2.05) is 6.20 Å². The number of nitrogens with zero attached hydrogens (tertiary/aromatic N) is 4. The smallest absolute Gasteiger partial charge is 0.222 e. The predicted octanol–water partition coefficient (Wildman–Crippen LogP) is 2.98. The van der Waals surface area contributed by atoms with Crippen LogP contribution in [0.3, 0.4) is 0 Å². The normalized spacial score (nSPS) is 21.0. The van der Waals surface area contributed by atoms with Crippen LogP contribution >= 0.6 is 0 Å². The summed E-state index contributed by atoms with van der Waals surface area (Å²) in [5.74, 6) is 1.08. The lowest BCUT2D eigenvalue weighted by molar-refractivity contribution is -0.133. The van der Waals surface area contributed by atoms with Gasteiger partial charge in [-0.1, -0.05) is 6.92 Å². The van der Waals surface area contributed by atoms with E-state index in [9.17, 15) is 4.79 Å². The van der Waals surface area contributed by atoms with Crippen molar-refractivity contribution in [1.82, 2.24) is 19.7 Å². The van der Waals surface area contributed by atoms with Crippen LogP contribution in [-0.4, -0.2) is 77.4 Å². The van der Waals surface area contributed by atoms with Crippen molar-refractivity contribution in [2.24, 2.45) is 5.92 Å². The molecular weight excluding hydrogens is 348 g/mol. The second kappa shape index (κ2) is 10.4. The van der Waals surface area contributed by atoms with E-state index in [-0.39, 0.29) is 0 Å². The van der Waals surface area contributed by atoms with Crippen LogP contribution in [0.5, 0.6) is 0 Å². The summed E-state index contributed by atoms with van der Waals surface area (Å²) in [6, 6.07) is 4.80. The molecule has 0 aliphatic carbocycles. The molecule has 0 unspecified atom stereocenters. The molecule has 5 nitrogen and oxygen atoms in total. The van der Waals surface area contributed by atoms with Gasteiger partial charge in [-0.3, -0.25) is 9.78 Å². The lowest BCUT2D eigenvalue weighted by atomic mass is 9.91. The number of carbonyl (C=O) groups is 1. The fourth-order valence-electron chi connectivity index (χ4n) is 4.62. The van der Waals surface area contributed by atoms with E-state index in [0.29, 0.717) is 17.9 Å². The maximum absolute atomic E-state index is 12.5. The van der Waals surface area contributed by atoms with Crippen LogP contribution in [-0.2, 0) is 11.2 Å². The quantitative estimate of drug-likeness (QED) is 0.722. The maximum atomic E-state index is 12.5. The second-order valence-electron chi connectivity index (χ2n) is 8.71. The van der Waals surface area contributed by atoms with Gasteiger partial charge in [0, 0.05) is 57.0 Å². The number of hydrogen-bond acceptors (Lipinski definition) is 4. The van der Waals surface area contributed by atoms with E-state index in [2.05, 4.69) is 52.6 Å². The summed E-state index contributed by atoms with van der Waals surface area (Å²) in [6.45, 7) is 14.0. The number of pyridine rings is 1. The highest BCUT2D eigenvalue weighted by atomic mass is 16.2. The number of rotatable bonds is 7. The highest BCUT2D eigenvalue weighted by Crippen LogP contribution is 2.24. The van der Waals surface area contributed by atoms with Crippen molar-refractivity contribution in [3.05, 3.63) is 29.6 Å². The van der Waals surface area contributed by atoms with Crippen LogP contribution in [0.2, 0.25) is 0 Å². The van der Waals surface area contributed by atoms with E-state index in [0.717, 1.165) is 65.1 Å². The first-order valence-corrected chi connectivity index (χ1v) is 11.2. The van der Waals surface area contributed by atoms with E-state index >= 15 is 0 Å². The van der Waals surface area contributed by atoms with Crippen LogP contribution < -0.4 is 0 Å². The largest absolute Gasteiger partial charge is 0.340 e. The number of likely N-dealkylation sites (N-methyl/N-ethyl adjacent to an activating group) is 1. The molecule has 1 atom stereocenters. The molecule has 0 N–H and O–H groups in total. The van der Waals surface area contributed by atoms with Crippen molar-refractivity contribution < 1.29 is 4.79 Å². The van der Waals surface area contributed by atoms with E-state index in [1.54, 1.807) is 0 Å². The van der Waals surface area contributed by atoms with Gasteiger partial charge >= 0.3 is 0 Å². The minimum absolute atomic E-state index is 0.372. The van der Waals surface area contributed by atoms with Gasteiger partial charge in [-0.25, -0.2) is 0 Å². The molecule has 2 fully saturated rings. The summed E-state index contributed by atoms with van der Waals surface area (Å²) in [5.41, 5.74) is 2.49. The molecule has 1 amide bonds. The summed E-state index contributed by atoms with van der Waals surface area (Å²) in [7, 11) is 0. The summed E-state index contributed by atoms with van der Waals surface area (Å²) in [6.07, 6.45) is 7.19. The number of likely N-dealkylation sites (tertiary alicyclic amines) is 1. The number of aromatic nitrogens is 1. The fraction of sp³-hybridized carbons (Fsp3) is 0.739. The lowest BCUT2D eigenvalue weighted by Crippen LogP contribution is -2.48. The zero-order valence-corrected chi connectivity index (χ0v) is 18.1. The Labute approximate surface area is 171 Å². The number of hydrogen-bond donors (Lipinski definition) is 0. The Bertz CT molecular complexity index is 619. The van der Waals surface area contributed by atoms with Crippen LogP contribution in [0, 0.1) is 12.8 Å². The molecule has 3 heterocycles. The number of carbonyl (C=O) groups excluding carboxylic acids is 1. The third-order valence-electron chi connectivity index (χ3n) is 6.69. The number of aryl methyl sites for hydroxylation is 1. The molecule has 0 spiro atoms. The Kier molecular flexibility index (Phi) is 7.86. The summed E-state index contributed by atoms with van der Waals surface area (Å²) in [4.78, 5) is 24.2. The summed E-state index contributed by atoms with van der Waals surface area (Å²) in [5, 5.41) is 0. The number of amides is 1. The third kappa shape index (κ3) is 6.02. The highest BCUT2D eigenvalue weighted by molar-refractivity contribution is 5.76. The molecule has 2 aliphatic rings. The molecule has 0 saturated carbocycles. The molecule has 28 heavy (non-hydrogen) atoms. The number of piperidine rings is 1. The molecule has 0 radical (unpaired) electrons. The van der Waals surface area contributed by atoms with Gasteiger partial charge in [0.25, 0.3) is 0 Å². The Morgan fingerprint density at radius 2 is 1.89 bits per heavy atom. The molecule has 2 aliphatic heterocycles. The van der Waals surface area contributed by atoms with Crippen molar-refractivity contribution in [2.45, 2.75) is 58.9 Å². The minimum atomic E-state index is 0.372. The van der Waals surface area contributed by atoms with Gasteiger partial charge in [0.05, 0.1) is 0 Å². The molecule has 5 heteroatoms. The van der Waals surface area contributed by atoms with Gasteiger partial charge in [0.1, 0.15) is 0 Å². The molecule has 3 rings (SSSR count). The van der Waals surface area contributed by atoms with Gasteiger partial charge < -0.3 is 14.7 Å². The third-order valence-corrected chi connectivity index (χ3v) is 6.69. The first-order valence-electron chi connectivity index (χ1n) is 11.2. The van der Waals surface area contributed by atoms with Crippen LogP contribution in [0.15, 0.2) is 18.3 Å². The summed E-state index contributed by atoms with van der Waals surface area (Å²) < 4.78 is 0. The lowest BCUT2D eigenvalue weighted by Gasteiger charge is -2.37. The van der Waals surface area contributed by atoms with Crippen LogP contribution in [0.25, 0.3) is 0 Å². The SMILES string of the molecule is CCN1CCN(C(=O)CCC2CCN([C@@H](C)Cc3cc(C)ccn3)CC2)CC1. The van der Waals surface area contributed by atoms with Gasteiger partial charge in [0.2, 0.25) is 5.91 Å². The van der Waals surface area contributed by atoms with Crippen molar-refractivity contribution in [2.75, 3.05) is 45.8 Å². The first-order chi connectivity index (χ1) is 13.5. The van der Waals surface area contributed by atoms with E-state index < -0.39 is 0 Å².